The summed E-state index contributed by atoms with van der Waals surface area (Å²) in [7, 11) is 0.477. The average molecular weight is 381 g/mol. The van der Waals surface area contributed by atoms with Gasteiger partial charge in [-0.15, -0.1) is 10.2 Å². The number of nitrogens with zero attached hydrogens (tertiary/aromatic N) is 3. The molecule has 1 saturated heterocycles. The maximum Gasteiger partial charge on any atom is 0.191 e. The van der Waals surface area contributed by atoms with Crippen molar-refractivity contribution in [1.29, 1.82) is 0 Å². The van der Waals surface area contributed by atoms with Gasteiger partial charge in [0, 0.05) is 29.8 Å². The van der Waals surface area contributed by atoms with Gasteiger partial charge in [-0.2, -0.15) is 0 Å². The van der Waals surface area contributed by atoms with E-state index in [1.54, 1.807) is 25.3 Å². The lowest BCUT2D eigenvalue weighted by molar-refractivity contribution is 0.112. The van der Waals surface area contributed by atoms with Gasteiger partial charge in [-0.3, -0.25) is 4.79 Å². The van der Waals surface area contributed by atoms with Crippen molar-refractivity contribution in [2.45, 2.75) is 23.2 Å². The van der Waals surface area contributed by atoms with Gasteiger partial charge >= 0.3 is 0 Å². The fourth-order valence-electron chi connectivity index (χ4n) is 2.93. The van der Waals surface area contributed by atoms with E-state index in [9.17, 15) is 13.2 Å². The van der Waals surface area contributed by atoms with E-state index in [1.165, 1.54) is 11.8 Å². The Kier molecular flexibility index (Phi) is 5.14. The van der Waals surface area contributed by atoms with E-state index < -0.39 is 9.84 Å². The van der Waals surface area contributed by atoms with Gasteiger partial charge in [0.15, 0.2) is 15.0 Å². The smallest absolute Gasteiger partial charge is 0.191 e. The summed E-state index contributed by atoms with van der Waals surface area (Å²) < 4.78 is 30.5. The third kappa shape index (κ3) is 3.87. The highest BCUT2D eigenvalue weighted by molar-refractivity contribution is 7.98. The molecule has 25 heavy (non-hydrogen) atoms. The molecule has 1 aliphatic heterocycles. The first-order chi connectivity index (χ1) is 11.9. The third-order valence-electron chi connectivity index (χ3n) is 4.26. The Morgan fingerprint density at radius 3 is 2.84 bits per heavy atom. The van der Waals surface area contributed by atoms with Crippen LogP contribution in [0.25, 0.3) is 0 Å². The zero-order chi connectivity index (χ0) is 18.0. The molecular formula is C16H19N3O4S2. The van der Waals surface area contributed by atoms with E-state index in [0.29, 0.717) is 34.5 Å². The predicted molar refractivity (Wildman–Crippen MR) is 95.0 cm³/mol. The summed E-state index contributed by atoms with van der Waals surface area (Å²) in [6, 6.07) is 5.27. The number of hydrogen-bond donors (Lipinski definition) is 0. The molecule has 1 atom stereocenters. The number of ether oxygens (including phenoxy) is 1. The molecule has 1 aromatic heterocycles. The summed E-state index contributed by atoms with van der Waals surface area (Å²) in [5.41, 5.74) is 1.48. The van der Waals surface area contributed by atoms with Gasteiger partial charge in [0.05, 0.1) is 18.6 Å². The van der Waals surface area contributed by atoms with Crippen molar-refractivity contribution in [2.24, 2.45) is 7.05 Å². The molecule has 0 amide bonds. The molecule has 0 N–H and O–H groups in total. The van der Waals surface area contributed by atoms with Crippen LogP contribution in [0.4, 0.5) is 0 Å². The maximum atomic E-state index is 11.7. The number of benzene rings is 1. The van der Waals surface area contributed by atoms with Gasteiger partial charge in [-0.05, 0) is 24.6 Å². The topological polar surface area (TPSA) is 91.2 Å². The minimum absolute atomic E-state index is 0.0928. The minimum Gasteiger partial charge on any atom is -0.496 e. The Morgan fingerprint density at radius 2 is 2.20 bits per heavy atom. The van der Waals surface area contributed by atoms with Gasteiger partial charge in [-0.25, -0.2) is 8.42 Å². The predicted octanol–water partition coefficient (Wildman–Crippen LogP) is 1.83. The van der Waals surface area contributed by atoms with Crippen molar-refractivity contribution in [1.82, 2.24) is 14.8 Å². The van der Waals surface area contributed by atoms with Crippen LogP contribution in [0.15, 0.2) is 23.4 Å². The number of rotatable bonds is 6. The van der Waals surface area contributed by atoms with E-state index in [4.69, 9.17) is 4.74 Å². The summed E-state index contributed by atoms with van der Waals surface area (Å²) in [5, 5.41) is 9.09. The highest BCUT2D eigenvalue weighted by atomic mass is 32.2. The van der Waals surface area contributed by atoms with Crippen molar-refractivity contribution in [2.75, 3.05) is 18.6 Å². The number of sulfone groups is 1. The first-order valence-electron chi connectivity index (χ1n) is 7.78. The lowest BCUT2D eigenvalue weighted by atomic mass is 10.1. The molecule has 1 fully saturated rings. The molecule has 0 saturated carbocycles. The Bertz CT molecular complexity index is 893. The monoisotopic (exact) mass is 381 g/mol. The lowest BCUT2D eigenvalue weighted by Crippen LogP contribution is -2.09. The zero-order valence-corrected chi connectivity index (χ0v) is 15.6. The van der Waals surface area contributed by atoms with Crippen molar-refractivity contribution >= 4 is 27.9 Å². The van der Waals surface area contributed by atoms with E-state index >= 15 is 0 Å². The summed E-state index contributed by atoms with van der Waals surface area (Å²) >= 11 is 1.47. The highest BCUT2D eigenvalue weighted by Crippen LogP contribution is 2.31. The van der Waals surface area contributed by atoms with E-state index in [0.717, 1.165) is 11.8 Å². The molecule has 0 aliphatic carbocycles. The Hall–Kier alpha value is -1.87. The molecule has 1 unspecified atom stereocenters. The van der Waals surface area contributed by atoms with Crippen molar-refractivity contribution in [3.05, 3.63) is 35.2 Å². The quantitative estimate of drug-likeness (QED) is 0.557. The number of thioether (sulfide) groups is 1. The second-order valence-electron chi connectivity index (χ2n) is 5.98. The van der Waals surface area contributed by atoms with Crippen LogP contribution in [0.1, 0.15) is 34.1 Å². The van der Waals surface area contributed by atoms with Crippen molar-refractivity contribution in [3.63, 3.8) is 0 Å². The molecule has 0 bridgehead atoms. The van der Waals surface area contributed by atoms with Crippen LogP contribution in [0.3, 0.4) is 0 Å². The van der Waals surface area contributed by atoms with Gasteiger partial charge in [0.1, 0.15) is 17.9 Å². The Balaban J connectivity index is 1.76. The SMILES string of the molecule is COc1ccc(C=O)cc1CSc1nnc(C2CCS(=O)(=O)C2)n1C. The van der Waals surface area contributed by atoms with Crippen molar-refractivity contribution in [3.8, 4) is 5.75 Å². The average Bonchev–Trinajstić information content (AvgIpc) is 3.14. The molecule has 1 aliphatic rings. The maximum absolute atomic E-state index is 11.7. The van der Waals surface area contributed by atoms with Gasteiger partial charge in [-0.1, -0.05) is 11.8 Å². The highest BCUT2D eigenvalue weighted by Gasteiger charge is 2.32. The summed E-state index contributed by atoms with van der Waals surface area (Å²) in [6.07, 6.45) is 1.39. The van der Waals surface area contributed by atoms with Crippen LogP contribution in [0.5, 0.6) is 5.75 Å². The largest absolute Gasteiger partial charge is 0.496 e. The summed E-state index contributed by atoms with van der Waals surface area (Å²) in [6.45, 7) is 0. The van der Waals surface area contributed by atoms with E-state index in [-0.39, 0.29) is 17.4 Å². The molecule has 3 rings (SSSR count). The number of hydrogen-bond acceptors (Lipinski definition) is 7. The van der Waals surface area contributed by atoms with Crippen LogP contribution in [-0.2, 0) is 22.6 Å². The fraction of sp³-hybridized carbons (Fsp3) is 0.438. The van der Waals surface area contributed by atoms with Crippen LogP contribution in [-0.4, -0.2) is 48.1 Å². The number of carbonyl (C=O) groups excluding carboxylic acids is 1. The molecule has 2 heterocycles. The molecule has 7 nitrogen and oxygen atoms in total. The molecular weight excluding hydrogens is 362 g/mol. The molecule has 0 radical (unpaired) electrons. The minimum atomic E-state index is -2.96. The number of aldehydes is 1. The molecule has 134 valence electrons. The van der Waals surface area contributed by atoms with Gasteiger partial charge < -0.3 is 9.30 Å². The van der Waals surface area contributed by atoms with E-state index in [2.05, 4.69) is 10.2 Å². The number of methoxy groups -OCH3 is 1. The molecule has 2 aromatic rings. The van der Waals surface area contributed by atoms with Gasteiger partial charge in [0.25, 0.3) is 0 Å². The molecule has 0 spiro atoms. The molecule has 9 heteroatoms. The first kappa shape index (κ1) is 17.9. The van der Waals surface area contributed by atoms with Crippen LogP contribution in [0.2, 0.25) is 0 Å². The summed E-state index contributed by atoms with van der Waals surface area (Å²) in [5.74, 6) is 2.24. The lowest BCUT2D eigenvalue weighted by Gasteiger charge is -2.10. The number of aromatic nitrogens is 3. The second-order valence-corrected chi connectivity index (χ2v) is 9.15. The number of carbonyl (C=O) groups is 1. The normalized spacial score (nSPS) is 19.0. The third-order valence-corrected chi connectivity index (χ3v) is 7.10. The van der Waals surface area contributed by atoms with Crippen molar-refractivity contribution < 1.29 is 17.9 Å². The zero-order valence-electron chi connectivity index (χ0n) is 14.0. The Morgan fingerprint density at radius 1 is 1.40 bits per heavy atom. The van der Waals surface area contributed by atoms with Crippen LogP contribution < -0.4 is 4.74 Å². The summed E-state index contributed by atoms with van der Waals surface area (Å²) in [4.78, 5) is 11.0. The van der Waals surface area contributed by atoms with E-state index in [1.807, 2.05) is 11.6 Å². The standard InChI is InChI=1S/C16H19N3O4S2/c1-19-15(12-5-6-25(21,22)10-12)17-18-16(19)24-9-13-7-11(8-20)3-4-14(13)23-2/h3-4,7-8,12H,5-6,9-10H2,1-2H3. The Labute approximate surface area is 150 Å². The molecule has 1 aromatic carbocycles. The van der Waals surface area contributed by atoms with Gasteiger partial charge in [0.2, 0.25) is 0 Å². The van der Waals surface area contributed by atoms with Crippen LogP contribution in [0, 0.1) is 0 Å². The fourth-order valence-corrected chi connectivity index (χ4v) is 5.57. The van der Waals surface area contributed by atoms with Crippen LogP contribution >= 0.6 is 11.8 Å². The second kappa shape index (κ2) is 7.17. The first-order valence-corrected chi connectivity index (χ1v) is 10.6.